The maximum absolute atomic E-state index is 11.8. The highest BCUT2D eigenvalue weighted by Crippen LogP contribution is 2.38. The van der Waals surface area contributed by atoms with Crippen molar-refractivity contribution in [2.24, 2.45) is 0 Å². The second-order valence-corrected chi connectivity index (χ2v) is 7.01. The van der Waals surface area contributed by atoms with Gasteiger partial charge in [-0.3, -0.25) is 4.58 Å². The van der Waals surface area contributed by atoms with Crippen molar-refractivity contribution < 1.29 is 14.4 Å². The highest BCUT2D eigenvalue weighted by molar-refractivity contribution is 5.97. The standard InChI is InChI=1S/C21H25N2O2/c1-16-6-8-17(9-7-16)21(24)15-22-14-4-3-5-20(22)23(21)18-10-12-19(25-2)13-11-18/h6-13,24H,3-5,14-15H2,1-2H3/q+1/t21-/m1/s1. The molecule has 2 aliphatic rings. The first kappa shape index (κ1) is 16.2. The van der Waals surface area contributed by atoms with Gasteiger partial charge in [0.15, 0.2) is 6.54 Å². The number of benzene rings is 2. The van der Waals surface area contributed by atoms with Crippen molar-refractivity contribution in [3.05, 3.63) is 59.7 Å². The minimum absolute atomic E-state index is 0.609. The van der Waals surface area contributed by atoms with Gasteiger partial charge in [0.05, 0.1) is 13.7 Å². The summed E-state index contributed by atoms with van der Waals surface area (Å²) in [5, 5.41) is 11.8. The Kier molecular flexibility index (Phi) is 4.00. The van der Waals surface area contributed by atoms with E-state index in [1.165, 1.54) is 24.2 Å². The molecule has 130 valence electrons. The van der Waals surface area contributed by atoms with Crippen molar-refractivity contribution in [2.75, 3.05) is 25.1 Å². The van der Waals surface area contributed by atoms with E-state index in [9.17, 15) is 5.11 Å². The minimum atomic E-state index is -1.04. The molecule has 2 aromatic rings. The molecular weight excluding hydrogens is 312 g/mol. The van der Waals surface area contributed by atoms with Crippen LogP contribution in [-0.2, 0) is 5.72 Å². The third kappa shape index (κ3) is 2.71. The second-order valence-electron chi connectivity index (χ2n) is 7.01. The van der Waals surface area contributed by atoms with Crippen molar-refractivity contribution in [2.45, 2.75) is 31.9 Å². The van der Waals surface area contributed by atoms with E-state index in [4.69, 9.17) is 4.74 Å². The Labute approximate surface area is 149 Å². The quantitative estimate of drug-likeness (QED) is 0.873. The largest absolute Gasteiger partial charge is 0.497 e. The van der Waals surface area contributed by atoms with Crippen molar-refractivity contribution >= 4 is 11.5 Å². The number of hydrogen-bond acceptors (Lipinski definition) is 3. The molecule has 2 aliphatic heterocycles. The predicted octanol–water partition coefficient (Wildman–Crippen LogP) is 3.26. The molecule has 0 unspecified atom stereocenters. The number of rotatable bonds is 3. The number of ether oxygens (including phenoxy) is 1. The van der Waals surface area contributed by atoms with Crippen LogP contribution < -0.4 is 9.64 Å². The average Bonchev–Trinajstić information content (AvgIpc) is 2.95. The summed E-state index contributed by atoms with van der Waals surface area (Å²) in [5.41, 5.74) is 2.10. The number of amidine groups is 1. The lowest BCUT2D eigenvalue weighted by molar-refractivity contribution is -0.538. The molecule has 0 aromatic heterocycles. The molecule has 4 heteroatoms. The molecule has 0 spiro atoms. The van der Waals surface area contributed by atoms with Crippen LogP contribution in [0.5, 0.6) is 5.75 Å². The number of methoxy groups -OCH3 is 1. The Morgan fingerprint density at radius 2 is 1.76 bits per heavy atom. The van der Waals surface area contributed by atoms with Crippen LogP contribution in [0.2, 0.25) is 0 Å². The first-order valence-corrected chi connectivity index (χ1v) is 8.96. The first-order valence-electron chi connectivity index (χ1n) is 8.96. The Morgan fingerprint density at radius 3 is 2.44 bits per heavy atom. The van der Waals surface area contributed by atoms with Gasteiger partial charge in [-0.25, -0.2) is 0 Å². The van der Waals surface area contributed by atoms with Gasteiger partial charge in [-0.15, -0.1) is 0 Å². The molecule has 1 N–H and O–H groups in total. The summed E-state index contributed by atoms with van der Waals surface area (Å²) in [6.07, 6.45) is 3.35. The molecule has 0 radical (unpaired) electrons. The Morgan fingerprint density at radius 1 is 1.04 bits per heavy atom. The highest BCUT2D eigenvalue weighted by atomic mass is 16.5. The molecule has 0 fully saturated rings. The Bertz CT molecular complexity index is 796. The van der Waals surface area contributed by atoms with Gasteiger partial charge in [-0.1, -0.05) is 29.8 Å². The minimum Gasteiger partial charge on any atom is -0.497 e. The fourth-order valence-corrected chi connectivity index (χ4v) is 3.98. The summed E-state index contributed by atoms with van der Waals surface area (Å²) < 4.78 is 7.63. The van der Waals surface area contributed by atoms with Crippen molar-refractivity contribution in [3.8, 4) is 5.75 Å². The van der Waals surface area contributed by atoms with E-state index in [1.54, 1.807) is 7.11 Å². The fourth-order valence-electron chi connectivity index (χ4n) is 3.98. The van der Waals surface area contributed by atoms with E-state index in [1.807, 2.05) is 36.4 Å². The summed E-state index contributed by atoms with van der Waals surface area (Å²) in [6.45, 7) is 3.69. The molecule has 4 nitrogen and oxygen atoms in total. The van der Waals surface area contributed by atoms with E-state index in [2.05, 4.69) is 28.5 Å². The lowest BCUT2D eigenvalue weighted by atomic mass is 9.99. The van der Waals surface area contributed by atoms with E-state index in [-0.39, 0.29) is 0 Å². The van der Waals surface area contributed by atoms with Crippen LogP contribution in [0, 0.1) is 6.92 Å². The van der Waals surface area contributed by atoms with Crippen molar-refractivity contribution in [1.29, 1.82) is 0 Å². The summed E-state index contributed by atoms with van der Waals surface area (Å²) >= 11 is 0. The highest BCUT2D eigenvalue weighted by Gasteiger charge is 2.54. The van der Waals surface area contributed by atoms with Gasteiger partial charge in [0.1, 0.15) is 11.4 Å². The van der Waals surface area contributed by atoms with E-state index >= 15 is 0 Å². The third-order valence-electron chi connectivity index (χ3n) is 5.33. The second kappa shape index (κ2) is 6.19. The van der Waals surface area contributed by atoms with Crippen LogP contribution in [0.1, 0.15) is 30.4 Å². The maximum Gasteiger partial charge on any atom is 0.275 e. The molecule has 4 rings (SSSR count). The zero-order chi connectivity index (χ0) is 17.4. The summed E-state index contributed by atoms with van der Waals surface area (Å²) in [6, 6.07) is 16.2. The van der Waals surface area contributed by atoms with E-state index in [0.29, 0.717) is 6.54 Å². The molecule has 0 amide bonds. The zero-order valence-corrected chi connectivity index (χ0v) is 14.9. The van der Waals surface area contributed by atoms with Crippen molar-refractivity contribution in [1.82, 2.24) is 0 Å². The van der Waals surface area contributed by atoms with Crippen LogP contribution in [0.3, 0.4) is 0 Å². The maximum atomic E-state index is 11.8. The average molecular weight is 337 g/mol. The molecule has 2 aromatic carbocycles. The molecular formula is C21H25N2O2+. The van der Waals surface area contributed by atoms with Crippen LogP contribution in [-0.4, -0.2) is 35.7 Å². The summed E-state index contributed by atoms with van der Waals surface area (Å²) in [4.78, 5) is 2.12. The monoisotopic (exact) mass is 337 g/mol. The van der Waals surface area contributed by atoms with Gasteiger partial charge in [-0.05, 0) is 44.0 Å². The number of hydrogen-bond donors (Lipinski definition) is 1. The Balaban J connectivity index is 1.81. The van der Waals surface area contributed by atoms with Gasteiger partial charge in [0, 0.05) is 12.0 Å². The van der Waals surface area contributed by atoms with Crippen LogP contribution in [0.4, 0.5) is 5.69 Å². The molecule has 25 heavy (non-hydrogen) atoms. The molecule has 0 saturated heterocycles. The van der Waals surface area contributed by atoms with Gasteiger partial charge in [-0.2, -0.15) is 4.90 Å². The number of aryl methyl sites for hydroxylation is 1. The smallest absolute Gasteiger partial charge is 0.275 e. The third-order valence-corrected chi connectivity index (χ3v) is 5.33. The summed E-state index contributed by atoms with van der Waals surface area (Å²) in [5.74, 6) is 2.05. The molecule has 2 heterocycles. The molecule has 0 saturated carbocycles. The van der Waals surface area contributed by atoms with Gasteiger partial charge in [0.2, 0.25) is 0 Å². The summed E-state index contributed by atoms with van der Waals surface area (Å²) in [7, 11) is 1.67. The van der Waals surface area contributed by atoms with Crippen LogP contribution >= 0.6 is 0 Å². The van der Waals surface area contributed by atoms with Crippen LogP contribution in [0.25, 0.3) is 0 Å². The molecule has 0 bridgehead atoms. The van der Waals surface area contributed by atoms with Gasteiger partial charge in [0.25, 0.3) is 11.6 Å². The predicted molar refractivity (Wildman–Crippen MR) is 99.4 cm³/mol. The Hall–Kier alpha value is -2.33. The van der Waals surface area contributed by atoms with Crippen LogP contribution in [0.15, 0.2) is 48.5 Å². The fraction of sp³-hybridized carbons (Fsp3) is 0.381. The lowest BCUT2D eigenvalue weighted by Crippen LogP contribution is -2.47. The first-order chi connectivity index (χ1) is 12.1. The van der Waals surface area contributed by atoms with E-state index in [0.717, 1.165) is 30.0 Å². The zero-order valence-electron chi connectivity index (χ0n) is 14.9. The van der Waals surface area contributed by atoms with Gasteiger partial charge >= 0.3 is 0 Å². The lowest BCUT2D eigenvalue weighted by Gasteiger charge is -2.29. The molecule has 0 aliphatic carbocycles. The number of nitrogens with zero attached hydrogens (tertiary/aromatic N) is 2. The SMILES string of the molecule is COc1ccc(N2C3=[N+](CCCC3)C[C@@]2(O)c2ccc(C)cc2)cc1. The number of aliphatic hydroxyl groups is 1. The normalized spacial score (nSPS) is 22.9. The molecule has 1 atom stereocenters. The van der Waals surface area contributed by atoms with E-state index < -0.39 is 5.72 Å². The number of anilines is 1. The van der Waals surface area contributed by atoms with Crippen molar-refractivity contribution in [3.63, 3.8) is 0 Å². The topological polar surface area (TPSA) is 35.7 Å². The van der Waals surface area contributed by atoms with Gasteiger partial charge < -0.3 is 9.84 Å².